The van der Waals surface area contributed by atoms with Crippen molar-refractivity contribution in [2.45, 2.75) is 46.5 Å². The number of nitrogens with zero attached hydrogens (tertiary/aromatic N) is 4. The highest BCUT2D eigenvalue weighted by Gasteiger charge is 2.35. The number of carbonyl (C=O) groups excluding carboxylic acids is 1. The van der Waals surface area contributed by atoms with E-state index in [4.69, 9.17) is 5.73 Å². The average molecular weight is 596 g/mol. The number of likely N-dealkylation sites (N-methyl/N-ethyl adjacent to an activating group) is 1. The van der Waals surface area contributed by atoms with Gasteiger partial charge in [-0.3, -0.25) is 14.5 Å². The van der Waals surface area contributed by atoms with E-state index in [1.165, 1.54) is 6.92 Å². The maximum absolute atomic E-state index is 13.8. The van der Waals surface area contributed by atoms with Crippen LogP contribution in [0.3, 0.4) is 0 Å². The van der Waals surface area contributed by atoms with Crippen LogP contribution in [-0.2, 0) is 12.7 Å². The standard InChI is InChI=1S/C31H36F3N7O2/c1-5-39-10-12-40(13-11-39)20(4)28-19(3)23(15-26-22(8-9-41(26)28)21-6-7-27(35)36-16-21)29(42)37-17-24-25(31(32,33)34)14-18(2)38-30(24)43/h6-9,14-16,20H,5,10-13,17H2,1-4H3,(H2,35,36)(H,37,42)(H,38,43). The van der Waals surface area contributed by atoms with Crippen molar-refractivity contribution in [2.75, 3.05) is 38.5 Å². The van der Waals surface area contributed by atoms with Crippen molar-refractivity contribution in [3.8, 4) is 11.1 Å². The molecule has 1 fully saturated rings. The minimum Gasteiger partial charge on any atom is -0.384 e. The van der Waals surface area contributed by atoms with Crippen LogP contribution in [0.1, 0.15) is 58.3 Å². The summed E-state index contributed by atoms with van der Waals surface area (Å²) in [6.07, 6.45) is -1.11. The number of aromatic nitrogens is 3. The molecule has 9 nitrogen and oxygen atoms in total. The molecule has 4 aromatic rings. The Kier molecular flexibility index (Phi) is 8.35. The molecule has 4 N–H and O–H groups in total. The second-order valence-electron chi connectivity index (χ2n) is 11.0. The summed E-state index contributed by atoms with van der Waals surface area (Å²) >= 11 is 0. The van der Waals surface area contributed by atoms with Crippen LogP contribution in [0.2, 0.25) is 0 Å². The van der Waals surface area contributed by atoms with Gasteiger partial charge in [-0.2, -0.15) is 13.2 Å². The molecule has 0 aromatic carbocycles. The molecule has 1 amide bonds. The number of nitrogens with one attached hydrogen (secondary N) is 2. The minimum atomic E-state index is -4.74. The van der Waals surface area contributed by atoms with Crippen LogP contribution >= 0.6 is 0 Å². The summed E-state index contributed by atoms with van der Waals surface area (Å²) in [5.41, 5.74) is 7.74. The van der Waals surface area contributed by atoms with Crippen LogP contribution < -0.4 is 16.6 Å². The smallest absolute Gasteiger partial charge is 0.384 e. The first kappa shape index (κ1) is 30.3. The third-order valence-electron chi connectivity index (χ3n) is 8.40. The fourth-order valence-electron chi connectivity index (χ4n) is 5.97. The number of H-pyrrole nitrogens is 1. The number of aromatic amines is 1. The van der Waals surface area contributed by atoms with E-state index in [0.29, 0.717) is 16.9 Å². The van der Waals surface area contributed by atoms with E-state index < -0.39 is 35.3 Å². The van der Waals surface area contributed by atoms with Gasteiger partial charge in [0.15, 0.2) is 0 Å². The average Bonchev–Trinajstić information content (AvgIpc) is 3.39. The van der Waals surface area contributed by atoms with Gasteiger partial charge in [0.2, 0.25) is 0 Å². The first-order valence-corrected chi connectivity index (χ1v) is 14.3. The second-order valence-corrected chi connectivity index (χ2v) is 11.0. The summed E-state index contributed by atoms with van der Waals surface area (Å²) in [6.45, 7) is 11.5. The monoisotopic (exact) mass is 595 g/mol. The molecule has 0 aliphatic carbocycles. The van der Waals surface area contributed by atoms with Gasteiger partial charge in [0.1, 0.15) is 5.82 Å². The normalized spacial score (nSPS) is 15.6. The van der Waals surface area contributed by atoms with Crippen molar-refractivity contribution in [3.05, 3.63) is 86.7 Å². The molecule has 0 saturated carbocycles. The number of aryl methyl sites for hydroxylation is 1. The zero-order chi connectivity index (χ0) is 31.1. The Morgan fingerprint density at radius 2 is 1.86 bits per heavy atom. The van der Waals surface area contributed by atoms with E-state index in [2.05, 4.69) is 43.3 Å². The maximum Gasteiger partial charge on any atom is 0.417 e. The summed E-state index contributed by atoms with van der Waals surface area (Å²) in [6, 6.07) is 8.07. The molecule has 43 heavy (non-hydrogen) atoms. The highest BCUT2D eigenvalue weighted by Crippen LogP contribution is 2.34. The molecule has 0 bridgehead atoms. The van der Waals surface area contributed by atoms with Crippen LogP contribution in [0.5, 0.6) is 0 Å². The number of hydrogen-bond acceptors (Lipinski definition) is 6. The Morgan fingerprint density at radius 1 is 1.14 bits per heavy atom. The molecule has 1 aliphatic heterocycles. The molecule has 1 unspecified atom stereocenters. The van der Waals surface area contributed by atoms with Gasteiger partial charge >= 0.3 is 6.18 Å². The fraction of sp³-hybridized carbons (Fsp3) is 0.387. The number of carbonyl (C=O) groups is 1. The van der Waals surface area contributed by atoms with E-state index in [1.807, 2.05) is 25.3 Å². The number of rotatable bonds is 7. The van der Waals surface area contributed by atoms with Crippen LogP contribution in [0, 0.1) is 13.8 Å². The summed E-state index contributed by atoms with van der Waals surface area (Å²) in [5, 5.41) is 2.59. The number of pyridine rings is 3. The van der Waals surface area contributed by atoms with E-state index in [0.717, 1.165) is 61.1 Å². The number of halogens is 3. The zero-order valence-corrected chi connectivity index (χ0v) is 24.7. The minimum absolute atomic E-state index is 0.0594. The van der Waals surface area contributed by atoms with Gasteiger partial charge < -0.3 is 25.3 Å². The highest BCUT2D eigenvalue weighted by atomic mass is 19.4. The van der Waals surface area contributed by atoms with Crippen molar-refractivity contribution in [1.29, 1.82) is 0 Å². The Bertz CT molecular complexity index is 1700. The van der Waals surface area contributed by atoms with E-state index in [9.17, 15) is 22.8 Å². The van der Waals surface area contributed by atoms with Crippen molar-refractivity contribution < 1.29 is 18.0 Å². The first-order valence-electron chi connectivity index (χ1n) is 14.3. The molecule has 5 rings (SSSR count). The van der Waals surface area contributed by atoms with Gasteiger partial charge in [-0.25, -0.2) is 4.98 Å². The lowest BCUT2D eigenvalue weighted by molar-refractivity contribution is -0.138. The predicted octanol–water partition coefficient (Wildman–Crippen LogP) is 4.54. The molecule has 1 atom stereocenters. The van der Waals surface area contributed by atoms with Gasteiger partial charge in [-0.05, 0) is 63.2 Å². The lowest BCUT2D eigenvalue weighted by atomic mass is 9.99. The number of hydrogen-bond donors (Lipinski definition) is 3. The summed E-state index contributed by atoms with van der Waals surface area (Å²) in [7, 11) is 0. The van der Waals surface area contributed by atoms with Crippen LogP contribution in [0.25, 0.3) is 16.6 Å². The molecule has 1 aliphatic rings. The van der Waals surface area contributed by atoms with Crippen LogP contribution in [0.4, 0.5) is 19.0 Å². The largest absolute Gasteiger partial charge is 0.417 e. The molecule has 12 heteroatoms. The van der Waals surface area contributed by atoms with E-state index in [1.54, 1.807) is 18.3 Å². The van der Waals surface area contributed by atoms with Gasteiger partial charge in [-0.15, -0.1) is 0 Å². The van der Waals surface area contributed by atoms with Gasteiger partial charge in [0.05, 0.1) is 11.1 Å². The second kappa shape index (κ2) is 11.8. The lowest BCUT2D eigenvalue weighted by Gasteiger charge is -2.38. The van der Waals surface area contributed by atoms with Gasteiger partial charge in [0, 0.05) is 84.8 Å². The Labute approximate surface area is 247 Å². The third kappa shape index (κ3) is 6.02. The fourth-order valence-corrected chi connectivity index (χ4v) is 5.97. The molecular formula is C31H36F3N7O2. The number of fused-ring (bicyclic) bond motifs is 1. The van der Waals surface area contributed by atoms with Crippen molar-refractivity contribution >= 4 is 17.2 Å². The SMILES string of the molecule is CCN1CCN(C(C)c2c(C)c(C(=O)NCc3c(C(F)(F)F)cc(C)[nH]c3=O)cc3c(-c4ccc(N)nc4)ccn23)CC1. The number of amides is 1. The number of nitrogen functional groups attached to an aromatic ring is 1. The predicted molar refractivity (Wildman–Crippen MR) is 160 cm³/mol. The van der Waals surface area contributed by atoms with E-state index >= 15 is 0 Å². The number of piperazine rings is 1. The zero-order valence-electron chi connectivity index (χ0n) is 24.7. The Balaban J connectivity index is 1.57. The quantitative estimate of drug-likeness (QED) is 0.290. The maximum atomic E-state index is 13.8. The van der Waals surface area contributed by atoms with Crippen LogP contribution in [-0.4, -0.2) is 62.8 Å². The third-order valence-corrected chi connectivity index (χ3v) is 8.40. The van der Waals surface area contributed by atoms with Crippen molar-refractivity contribution in [2.24, 2.45) is 0 Å². The topological polar surface area (TPSA) is 112 Å². The molecule has 4 aromatic heterocycles. The number of anilines is 1. The molecule has 5 heterocycles. The van der Waals surface area contributed by atoms with Gasteiger partial charge in [0.25, 0.3) is 11.5 Å². The number of alkyl halides is 3. The summed E-state index contributed by atoms with van der Waals surface area (Å²) < 4.78 is 43.4. The molecule has 1 saturated heterocycles. The van der Waals surface area contributed by atoms with Crippen molar-refractivity contribution in [1.82, 2.24) is 29.5 Å². The Hall–Kier alpha value is -4.16. The molecular weight excluding hydrogens is 559 g/mol. The van der Waals surface area contributed by atoms with Crippen molar-refractivity contribution in [3.63, 3.8) is 0 Å². The first-order chi connectivity index (χ1) is 20.4. The molecule has 0 spiro atoms. The number of nitrogens with two attached hydrogens (primary N) is 1. The lowest BCUT2D eigenvalue weighted by Crippen LogP contribution is -2.47. The highest BCUT2D eigenvalue weighted by molar-refractivity contribution is 5.98. The summed E-state index contributed by atoms with van der Waals surface area (Å²) in [4.78, 5) is 37.6. The van der Waals surface area contributed by atoms with Crippen LogP contribution in [0.15, 0.2) is 47.5 Å². The Morgan fingerprint density at radius 3 is 2.49 bits per heavy atom. The van der Waals surface area contributed by atoms with E-state index in [-0.39, 0.29) is 11.7 Å². The molecule has 228 valence electrons. The molecule has 0 radical (unpaired) electrons. The van der Waals surface area contributed by atoms with Gasteiger partial charge in [-0.1, -0.05) is 6.92 Å². The summed E-state index contributed by atoms with van der Waals surface area (Å²) in [5.74, 6) is -0.187.